The number of carbonyl (C=O) groups excluding carboxylic acids is 1. The van der Waals surface area contributed by atoms with Crippen LogP contribution in [-0.4, -0.2) is 17.4 Å². The van der Waals surface area contributed by atoms with Gasteiger partial charge in [0, 0.05) is 18.8 Å². The highest BCUT2D eigenvalue weighted by Crippen LogP contribution is 2.42. The number of amides is 1. The third-order valence-corrected chi connectivity index (χ3v) is 5.30. The maximum absolute atomic E-state index is 12.3. The van der Waals surface area contributed by atoms with Gasteiger partial charge in [-0.2, -0.15) is 0 Å². The van der Waals surface area contributed by atoms with Crippen molar-refractivity contribution in [3.8, 4) is 5.75 Å². The van der Waals surface area contributed by atoms with E-state index in [1.54, 1.807) is 0 Å². The Morgan fingerprint density at radius 2 is 2.04 bits per heavy atom. The molecule has 0 unspecified atom stereocenters. The lowest BCUT2D eigenvalue weighted by molar-refractivity contribution is 0.0940. The van der Waals surface area contributed by atoms with E-state index < -0.39 is 0 Å². The Labute approximate surface area is 152 Å². The van der Waals surface area contributed by atoms with E-state index in [-0.39, 0.29) is 22.8 Å². The first-order valence-electron chi connectivity index (χ1n) is 9.05. The van der Waals surface area contributed by atoms with Crippen molar-refractivity contribution >= 4 is 5.91 Å². The van der Waals surface area contributed by atoms with E-state index in [1.807, 2.05) is 30.3 Å². The number of carbonyl (C=O) groups is 1. The summed E-state index contributed by atoms with van der Waals surface area (Å²) < 4.78 is 5.55. The number of nitrogens with one attached hydrogen (secondary N) is 2. The average molecular weight is 350 g/mol. The summed E-state index contributed by atoms with van der Waals surface area (Å²) in [5, 5.41) is 2.95. The maximum atomic E-state index is 12.3. The van der Waals surface area contributed by atoms with Crippen molar-refractivity contribution in [3.63, 3.8) is 0 Å². The third kappa shape index (κ3) is 3.57. The molecule has 1 aromatic heterocycles. The van der Waals surface area contributed by atoms with Crippen LogP contribution in [0, 0.1) is 17.8 Å². The predicted octanol–water partition coefficient (Wildman–Crippen LogP) is 2.90. The topological polar surface area (TPSA) is 71.2 Å². The number of fused-ring (bicyclic) bond motifs is 2. The molecule has 2 bridgehead atoms. The Morgan fingerprint density at radius 1 is 1.19 bits per heavy atom. The molecule has 5 nitrogen and oxygen atoms in total. The Morgan fingerprint density at radius 3 is 2.73 bits per heavy atom. The van der Waals surface area contributed by atoms with Gasteiger partial charge in [-0.15, -0.1) is 0 Å². The fraction of sp³-hybridized carbons (Fsp3) is 0.333. The quantitative estimate of drug-likeness (QED) is 0.787. The van der Waals surface area contributed by atoms with Crippen molar-refractivity contribution < 1.29 is 9.53 Å². The fourth-order valence-electron chi connectivity index (χ4n) is 3.89. The lowest BCUT2D eigenvalue weighted by Gasteiger charge is -2.18. The van der Waals surface area contributed by atoms with Crippen molar-refractivity contribution in [2.24, 2.45) is 17.8 Å². The van der Waals surface area contributed by atoms with E-state index in [9.17, 15) is 9.59 Å². The minimum Gasteiger partial charge on any atom is -0.483 e. The summed E-state index contributed by atoms with van der Waals surface area (Å²) in [7, 11) is 0. The number of allylic oxidation sites excluding steroid dienone is 2. The van der Waals surface area contributed by atoms with Gasteiger partial charge in [0.1, 0.15) is 12.3 Å². The van der Waals surface area contributed by atoms with Crippen molar-refractivity contribution in [2.75, 3.05) is 6.54 Å². The molecule has 2 aliphatic carbocycles. The van der Waals surface area contributed by atoms with Crippen LogP contribution in [0.1, 0.15) is 28.9 Å². The molecule has 1 heterocycles. The molecule has 1 amide bonds. The van der Waals surface area contributed by atoms with E-state index in [4.69, 9.17) is 4.74 Å². The molecule has 0 aliphatic heterocycles. The molecule has 26 heavy (non-hydrogen) atoms. The van der Waals surface area contributed by atoms with Crippen LogP contribution in [0.3, 0.4) is 0 Å². The van der Waals surface area contributed by atoms with Crippen LogP contribution in [0.15, 0.2) is 59.5 Å². The molecule has 0 saturated heterocycles. The zero-order valence-corrected chi connectivity index (χ0v) is 14.5. The van der Waals surface area contributed by atoms with Gasteiger partial charge in [0.25, 0.3) is 5.91 Å². The van der Waals surface area contributed by atoms with Crippen LogP contribution >= 0.6 is 0 Å². The van der Waals surface area contributed by atoms with E-state index >= 15 is 0 Å². The van der Waals surface area contributed by atoms with Gasteiger partial charge < -0.3 is 15.0 Å². The Bertz CT molecular complexity index is 872. The van der Waals surface area contributed by atoms with Gasteiger partial charge in [-0.25, -0.2) is 0 Å². The summed E-state index contributed by atoms with van der Waals surface area (Å²) in [6.07, 6.45) is 8.37. The normalized spacial score (nSPS) is 23.2. The second-order valence-electron chi connectivity index (χ2n) is 7.10. The first-order chi connectivity index (χ1) is 12.7. The minimum atomic E-state index is -0.298. The van der Waals surface area contributed by atoms with E-state index in [2.05, 4.69) is 22.5 Å². The monoisotopic (exact) mass is 350 g/mol. The Hall–Kier alpha value is -2.82. The van der Waals surface area contributed by atoms with Crippen LogP contribution in [0.2, 0.25) is 0 Å². The first kappa shape index (κ1) is 16.6. The second kappa shape index (κ2) is 7.20. The van der Waals surface area contributed by atoms with Gasteiger partial charge >= 0.3 is 0 Å². The zero-order valence-electron chi connectivity index (χ0n) is 14.5. The van der Waals surface area contributed by atoms with Crippen molar-refractivity contribution in [1.82, 2.24) is 10.3 Å². The fourth-order valence-corrected chi connectivity index (χ4v) is 3.89. The van der Waals surface area contributed by atoms with Gasteiger partial charge in [-0.1, -0.05) is 42.5 Å². The average Bonchev–Trinajstić information content (AvgIpc) is 3.29. The number of aromatic amines is 1. The lowest BCUT2D eigenvalue weighted by Crippen LogP contribution is -2.32. The van der Waals surface area contributed by atoms with Crippen molar-refractivity contribution in [3.05, 3.63) is 76.2 Å². The van der Waals surface area contributed by atoms with E-state index in [0.29, 0.717) is 30.9 Å². The molecule has 1 aromatic carbocycles. The predicted molar refractivity (Wildman–Crippen MR) is 99.0 cm³/mol. The highest BCUT2D eigenvalue weighted by Gasteiger charge is 2.35. The molecule has 0 radical (unpaired) electrons. The molecule has 0 spiro atoms. The molecular formula is C21H22N2O3. The number of pyridine rings is 1. The standard InChI is InChI=1S/C21H22N2O3/c24-19-10-18(21(25)23-11-17-9-15-6-7-16(17)8-15)22-12-20(19)26-13-14-4-2-1-3-5-14/h1-7,10,12,15-17H,8-9,11,13H2,(H,22,24)(H,23,25)/t15-,16-,17+/m0/s1. The number of H-pyrrole nitrogens is 1. The molecule has 2 aromatic rings. The smallest absolute Gasteiger partial charge is 0.267 e. The summed E-state index contributed by atoms with van der Waals surface area (Å²) in [5.74, 6) is 1.75. The van der Waals surface area contributed by atoms with Gasteiger partial charge in [-0.3, -0.25) is 9.59 Å². The molecule has 2 N–H and O–H groups in total. The number of ether oxygens (including phenoxy) is 1. The van der Waals surface area contributed by atoms with E-state index in [0.717, 1.165) is 12.0 Å². The minimum absolute atomic E-state index is 0.212. The molecule has 134 valence electrons. The van der Waals surface area contributed by atoms with Gasteiger partial charge in [0.2, 0.25) is 5.43 Å². The summed E-state index contributed by atoms with van der Waals surface area (Å²) in [5.41, 5.74) is 0.946. The summed E-state index contributed by atoms with van der Waals surface area (Å²) in [4.78, 5) is 27.4. The van der Waals surface area contributed by atoms with Crippen LogP contribution < -0.4 is 15.5 Å². The highest BCUT2D eigenvalue weighted by molar-refractivity contribution is 5.92. The summed E-state index contributed by atoms with van der Waals surface area (Å²) >= 11 is 0. The SMILES string of the molecule is O=C(NC[C@H]1C[C@H]2C=C[C@H]1C2)c1cc(=O)c(OCc2ccccc2)c[nH]1. The van der Waals surface area contributed by atoms with Gasteiger partial charge in [-0.05, 0) is 36.2 Å². The second-order valence-corrected chi connectivity index (χ2v) is 7.10. The largest absolute Gasteiger partial charge is 0.483 e. The number of hydrogen-bond donors (Lipinski definition) is 2. The zero-order chi connectivity index (χ0) is 17.9. The Kier molecular flexibility index (Phi) is 4.61. The van der Waals surface area contributed by atoms with Crippen molar-refractivity contribution in [2.45, 2.75) is 19.4 Å². The number of hydrogen-bond acceptors (Lipinski definition) is 3. The lowest BCUT2D eigenvalue weighted by atomic mass is 9.93. The van der Waals surface area contributed by atoms with Crippen molar-refractivity contribution in [1.29, 1.82) is 0 Å². The third-order valence-electron chi connectivity index (χ3n) is 5.30. The van der Waals surface area contributed by atoms with E-state index in [1.165, 1.54) is 18.7 Å². The molecule has 1 fully saturated rings. The summed E-state index contributed by atoms with van der Waals surface area (Å²) in [6, 6.07) is 10.9. The molecule has 2 aliphatic rings. The van der Waals surface area contributed by atoms with Crippen LogP contribution in [0.5, 0.6) is 5.75 Å². The molecule has 3 atom stereocenters. The van der Waals surface area contributed by atoms with Gasteiger partial charge in [0.05, 0.1) is 0 Å². The number of benzene rings is 1. The highest BCUT2D eigenvalue weighted by atomic mass is 16.5. The Balaban J connectivity index is 1.34. The molecule has 1 saturated carbocycles. The molecular weight excluding hydrogens is 328 g/mol. The number of aromatic nitrogens is 1. The molecule has 4 rings (SSSR count). The molecule has 5 heteroatoms. The van der Waals surface area contributed by atoms with Crippen LogP contribution in [0.4, 0.5) is 0 Å². The van der Waals surface area contributed by atoms with Gasteiger partial charge in [0.15, 0.2) is 5.75 Å². The number of rotatable bonds is 6. The van der Waals surface area contributed by atoms with Crippen LogP contribution in [-0.2, 0) is 6.61 Å². The summed E-state index contributed by atoms with van der Waals surface area (Å²) in [6.45, 7) is 0.964. The maximum Gasteiger partial charge on any atom is 0.267 e. The first-order valence-corrected chi connectivity index (χ1v) is 9.05. The van der Waals surface area contributed by atoms with Crippen LogP contribution in [0.25, 0.3) is 0 Å².